The Bertz CT molecular complexity index is 320. The number of nitrogens with zero attached hydrogens (tertiary/aromatic N) is 1. The van der Waals surface area contributed by atoms with Gasteiger partial charge in [-0.1, -0.05) is 6.92 Å². The summed E-state index contributed by atoms with van der Waals surface area (Å²) in [5, 5.41) is 4.14. The fourth-order valence-corrected chi connectivity index (χ4v) is 3.17. The molecule has 1 fully saturated rings. The standard InChI is InChI=1S/C13H20N2OS/c1-2-6-15-12-5-9-16-10-13(12)17-11-3-7-14-8-4-11/h3-4,7-8,12-13,15H,2,5-6,9-10H2,1H3. The van der Waals surface area contributed by atoms with Crippen LogP contribution in [0.2, 0.25) is 0 Å². The highest BCUT2D eigenvalue weighted by molar-refractivity contribution is 8.00. The minimum atomic E-state index is 0.512. The molecule has 0 aromatic carbocycles. The second-order valence-corrected chi connectivity index (χ2v) is 5.58. The van der Waals surface area contributed by atoms with Crippen LogP contribution in [0.4, 0.5) is 0 Å². The molecule has 1 saturated heterocycles. The van der Waals surface area contributed by atoms with E-state index in [0.717, 1.165) is 26.2 Å². The molecule has 17 heavy (non-hydrogen) atoms. The van der Waals surface area contributed by atoms with Crippen LogP contribution >= 0.6 is 11.8 Å². The zero-order valence-corrected chi connectivity index (χ0v) is 11.1. The van der Waals surface area contributed by atoms with Crippen LogP contribution in [0.3, 0.4) is 0 Å². The van der Waals surface area contributed by atoms with E-state index in [9.17, 15) is 0 Å². The number of hydrogen-bond acceptors (Lipinski definition) is 4. The van der Waals surface area contributed by atoms with E-state index in [-0.39, 0.29) is 0 Å². The summed E-state index contributed by atoms with van der Waals surface area (Å²) in [7, 11) is 0. The number of nitrogens with one attached hydrogen (secondary N) is 1. The number of thioether (sulfide) groups is 1. The van der Waals surface area contributed by atoms with Crippen molar-refractivity contribution in [1.29, 1.82) is 0 Å². The molecule has 2 rings (SSSR count). The van der Waals surface area contributed by atoms with Gasteiger partial charge in [0.05, 0.1) is 6.61 Å². The van der Waals surface area contributed by atoms with Crippen LogP contribution in [-0.2, 0) is 4.74 Å². The van der Waals surface area contributed by atoms with E-state index >= 15 is 0 Å². The van der Waals surface area contributed by atoms with E-state index in [1.54, 1.807) is 0 Å². The number of aromatic nitrogens is 1. The van der Waals surface area contributed by atoms with Crippen molar-refractivity contribution in [1.82, 2.24) is 10.3 Å². The maximum atomic E-state index is 5.59. The number of ether oxygens (including phenoxy) is 1. The molecule has 2 unspecified atom stereocenters. The van der Waals surface area contributed by atoms with Gasteiger partial charge in [0.25, 0.3) is 0 Å². The highest BCUT2D eigenvalue weighted by Gasteiger charge is 2.25. The zero-order chi connectivity index (χ0) is 11.9. The molecule has 2 heterocycles. The van der Waals surface area contributed by atoms with Gasteiger partial charge in [0.2, 0.25) is 0 Å². The Balaban J connectivity index is 1.92. The molecule has 94 valence electrons. The summed E-state index contributed by atoms with van der Waals surface area (Å²) in [5.74, 6) is 0. The van der Waals surface area contributed by atoms with E-state index in [0.29, 0.717) is 11.3 Å². The fourth-order valence-electron chi connectivity index (χ4n) is 1.98. The van der Waals surface area contributed by atoms with Crippen molar-refractivity contribution >= 4 is 11.8 Å². The van der Waals surface area contributed by atoms with Crippen molar-refractivity contribution in [3.63, 3.8) is 0 Å². The molecule has 0 aliphatic carbocycles. The quantitative estimate of drug-likeness (QED) is 0.872. The first-order valence-corrected chi connectivity index (χ1v) is 7.16. The molecule has 0 amide bonds. The Kier molecular flexibility index (Phi) is 5.29. The minimum absolute atomic E-state index is 0.512. The van der Waals surface area contributed by atoms with Gasteiger partial charge in [0, 0.05) is 35.2 Å². The molecule has 1 N–H and O–H groups in total. The lowest BCUT2D eigenvalue weighted by molar-refractivity contribution is 0.0833. The summed E-state index contributed by atoms with van der Waals surface area (Å²) in [5.41, 5.74) is 0. The average molecular weight is 252 g/mol. The lowest BCUT2D eigenvalue weighted by Gasteiger charge is -2.31. The maximum absolute atomic E-state index is 5.59. The van der Waals surface area contributed by atoms with Crippen molar-refractivity contribution in [2.24, 2.45) is 0 Å². The maximum Gasteiger partial charge on any atom is 0.0603 e. The third kappa shape index (κ3) is 3.98. The second kappa shape index (κ2) is 6.99. The highest BCUT2D eigenvalue weighted by Crippen LogP contribution is 2.28. The predicted octanol–water partition coefficient (Wildman–Crippen LogP) is 2.33. The first-order valence-electron chi connectivity index (χ1n) is 6.28. The highest BCUT2D eigenvalue weighted by atomic mass is 32.2. The molecule has 1 aromatic rings. The molecular weight excluding hydrogens is 232 g/mol. The van der Waals surface area contributed by atoms with Crippen LogP contribution < -0.4 is 5.32 Å². The molecule has 0 spiro atoms. The number of rotatable bonds is 5. The number of hydrogen-bond donors (Lipinski definition) is 1. The van der Waals surface area contributed by atoms with Gasteiger partial charge in [-0.15, -0.1) is 11.8 Å². The molecule has 1 aromatic heterocycles. The van der Waals surface area contributed by atoms with Crippen molar-refractivity contribution in [3.05, 3.63) is 24.5 Å². The van der Waals surface area contributed by atoms with Crippen LogP contribution in [0.1, 0.15) is 19.8 Å². The predicted molar refractivity (Wildman–Crippen MR) is 71.4 cm³/mol. The van der Waals surface area contributed by atoms with Gasteiger partial charge in [0.1, 0.15) is 0 Å². The van der Waals surface area contributed by atoms with Gasteiger partial charge < -0.3 is 10.1 Å². The van der Waals surface area contributed by atoms with Crippen molar-refractivity contribution in [3.8, 4) is 0 Å². The smallest absolute Gasteiger partial charge is 0.0603 e. The largest absolute Gasteiger partial charge is 0.380 e. The topological polar surface area (TPSA) is 34.1 Å². The third-order valence-electron chi connectivity index (χ3n) is 2.90. The third-order valence-corrected chi connectivity index (χ3v) is 4.21. The molecule has 3 nitrogen and oxygen atoms in total. The van der Waals surface area contributed by atoms with E-state index in [1.165, 1.54) is 11.3 Å². The van der Waals surface area contributed by atoms with E-state index in [4.69, 9.17) is 4.74 Å². The van der Waals surface area contributed by atoms with Crippen molar-refractivity contribution in [2.45, 2.75) is 36.0 Å². The Morgan fingerprint density at radius 2 is 2.29 bits per heavy atom. The second-order valence-electron chi connectivity index (χ2n) is 4.26. The summed E-state index contributed by atoms with van der Waals surface area (Å²) >= 11 is 1.90. The summed E-state index contributed by atoms with van der Waals surface area (Å²) in [6.07, 6.45) is 5.99. The van der Waals surface area contributed by atoms with E-state index in [2.05, 4.69) is 29.4 Å². The Hall–Kier alpha value is -0.580. The van der Waals surface area contributed by atoms with Crippen molar-refractivity contribution < 1.29 is 4.74 Å². The Labute approximate surface area is 107 Å². The summed E-state index contributed by atoms with van der Waals surface area (Å²) in [6.45, 7) is 5.03. The molecule has 4 heteroatoms. The summed E-state index contributed by atoms with van der Waals surface area (Å²) in [6, 6.07) is 4.70. The first kappa shape index (κ1) is 12.9. The van der Waals surface area contributed by atoms with Gasteiger partial charge in [-0.25, -0.2) is 0 Å². The van der Waals surface area contributed by atoms with Gasteiger partial charge in [0.15, 0.2) is 0 Å². The van der Waals surface area contributed by atoms with Crippen LogP contribution in [0.15, 0.2) is 29.4 Å². The lowest BCUT2D eigenvalue weighted by atomic mass is 10.1. The summed E-state index contributed by atoms with van der Waals surface area (Å²) < 4.78 is 5.59. The minimum Gasteiger partial charge on any atom is -0.380 e. The van der Waals surface area contributed by atoms with E-state index < -0.39 is 0 Å². The van der Waals surface area contributed by atoms with Crippen LogP contribution in [0, 0.1) is 0 Å². The molecule has 0 saturated carbocycles. The Morgan fingerprint density at radius 1 is 1.47 bits per heavy atom. The molecule has 1 aliphatic heterocycles. The van der Waals surface area contributed by atoms with Crippen molar-refractivity contribution in [2.75, 3.05) is 19.8 Å². The van der Waals surface area contributed by atoms with Gasteiger partial charge in [-0.3, -0.25) is 4.98 Å². The van der Waals surface area contributed by atoms with Gasteiger partial charge in [-0.05, 0) is 31.5 Å². The molecule has 1 aliphatic rings. The number of pyridine rings is 1. The summed E-state index contributed by atoms with van der Waals surface area (Å²) in [4.78, 5) is 5.32. The van der Waals surface area contributed by atoms with Crippen LogP contribution in [-0.4, -0.2) is 36.0 Å². The Morgan fingerprint density at radius 3 is 3.06 bits per heavy atom. The molecule has 0 radical (unpaired) electrons. The van der Waals surface area contributed by atoms with Crippen LogP contribution in [0.5, 0.6) is 0 Å². The lowest BCUT2D eigenvalue weighted by Crippen LogP contribution is -2.45. The SMILES string of the molecule is CCCNC1CCOCC1Sc1ccncc1. The first-order chi connectivity index (χ1) is 8.40. The van der Waals surface area contributed by atoms with E-state index in [1.807, 2.05) is 24.2 Å². The average Bonchev–Trinajstić information content (AvgIpc) is 2.39. The van der Waals surface area contributed by atoms with Gasteiger partial charge in [-0.2, -0.15) is 0 Å². The van der Waals surface area contributed by atoms with Gasteiger partial charge >= 0.3 is 0 Å². The van der Waals surface area contributed by atoms with Crippen LogP contribution in [0.25, 0.3) is 0 Å². The monoisotopic (exact) mass is 252 g/mol. The molecule has 0 bridgehead atoms. The molecule has 2 atom stereocenters. The normalized spacial score (nSPS) is 24.8. The zero-order valence-electron chi connectivity index (χ0n) is 10.3. The molecular formula is C13H20N2OS. The fraction of sp³-hybridized carbons (Fsp3) is 0.615.